The van der Waals surface area contributed by atoms with E-state index < -0.39 is 5.97 Å². The number of hydrogen-bond acceptors (Lipinski definition) is 5. The predicted molar refractivity (Wildman–Crippen MR) is 86.9 cm³/mol. The lowest BCUT2D eigenvalue weighted by Crippen LogP contribution is -2.30. The molecule has 7 heteroatoms. The Morgan fingerprint density at radius 1 is 1.29 bits per heavy atom. The number of nitrogens with one attached hydrogen (secondary N) is 1. The number of rotatable bonds is 10. The second kappa shape index (κ2) is 10.4. The molecular weight excluding hydrogens is 310 g/mol. The number of aryl methyl sites for hydroxylation is 1. The van der Waals surface area contributed by atoms with Gasteiger partial charge in [0.1, 0.15) is 5.75 Å². The van der Waals surface area contributed by atoms with Gasteiger partial charge >= 0.3 is 5.97 Å². The molecule has 0 unspecified atom stereocenters. The zero-order valence-electron chi connectivity index (χ0n) is 11.8. The maximum atomic E-state index is 11.5. The highest BCUT2D eigenvalue weighted by atomic mass is 33.1. The van der Waals surface area contributed by atoms with Crippen LogP contribution in [0.25, 0.3) is 0 Å². The molecular formula is C14H19NO4S2. The zero-order valence-corrected chi connectivity index (χ0v) is 13.5. The van der Waals surface area contributed by atoms with E-state index in [-0.39, 0.29) is 18.9 Å². The normalized spacial score (nSPS) is 10.1. The first-order chi connectivity index (χ1) is 10.1. The summed E-state index contributed by atoms with van der Waals surface area (Å²) in [7, 11) is 3.05. The quantitative estimate of drug-likeness (QED) is 0.507. The number of hydrogen-bond donors (Lipinski definition) is 2. The molecule has 0 saturated heterocycles. The number of carboxylic acids is 1. The molecule has 0 atom stereocenters. The lowest BCUT2D eigenvalue weighted by atomic mass is 10.2. The molecule has 0 fully saturated rings. The highest BCUT2D eigenvalue weighted by Gasteiger charge is 2.03. The number of carboxylic acid groups (broad SMARTS) is 1. The van der Waals surface area contributed by atoms with Gasteiger partial charge in [-0.25, -0.2) is 0 Å². The third kappa shape index (κ3) is 9.25. The SMILES string of the molecule is Cc1cccc(OCC(=O)NCCSSCCC(=O)O)c1. The van der Waals surface area contributed by atoms with E-state index in [4.69, 9.17) is 9.84 Å². The minimum atomic E-state index is -0.787. The van der Waals surface area contributed by atoms with E-state index in [1.165, 1.54) is 10.8 Å². The number of carbonyl (C=O) groups excluding carboxylic acids is 1. The van der Waals surface area contributed by atoms with E-state index in [0.717, 1.165) is 11.3 Å². The second-order valence-electron chi connectivity index (χ2n) is 4.24. The topological polar surface area (TPSA) is 75.6 Å². The Morgan fingerprint density at radius 3 is 2.76 bits per heavy atom. The number of aliphatic carboxylic acids is 1. The first-order valence-electron chi connectivity index (χ1n) is 6.50. The van der Waals surface area contributed by atoms with Crippen molar-refractivity contribution < 1.29 is 19.4 Å². The van der Waals surface area contributed by atoms with Gasteiger partial charge in [0.15, 0.2) is 6.61 Å². The minimum Gasteiger partial charge on any atom is -0.484 e. The highest BCUT2D eigenvalue weighted by Crippen LogP contribution is 2.20. The van der Waals surface area contributed by atoms with Crippen LogP contribution in [0.5, 0.6) is 5.75 Å². The Bertz CT molecular complexity index is 468. The second-order valence-corrected chi connectivity index (χ2v) is 6.94. The van der Waals surface area contributed by atoms with Crippen LogP contribution in [0.15, 0.2) is 24.3 Å². The fourth-order valence-electron chi connectivity index (χ4n) is 1.38. The lowest BCUT2D eigenvalue weighted by Gasteiger charge is -2.07. The lowest BCUT2D eigenvalue weighted by molar-refractivity contribution is -0.136. The van der Waals surface area contributed by atoms with Crippen LogP contribution < -0.4 is 10.1 Å². The average molecular weight is 329 g/mol. The van der Waals surface area contributed by atoms with Crippen LogP contribution in [0.2, 0.25) is 0 Å². The molecule has 116 valence electrons. The summed E-state index contributed by atoms with van der Waals surface area (Å²) >= 11 is 0. The van der Waals surface area contributed by atoms with Gasteiger partial charge in [-0.3, -0.25) is 9.59 Å². The Hall–Kier alpha value is -1.34. The van der Waals surface area contributed by atoms with E-state index >= 15 is 0 Å². The van der Waals surface area contributed by atoms with Crippen molar-refractivity contribution in [2.45, 2.75) is 13.3 Å². The molecule has 0 radical (unpaired) electrons. The maximum absolute atomic E-state index is 11.5. The van der Waals surface area contributed by atoms with Gasteiger partial charge < -0.3 is 15.2 Å². The Morgan fingerprint density at radius 2 is 2.05 bits per heavy atom. The van der Waals surface area contributed by atoms with Crippen LogP contribution in [0.4, 0.5) is 0 Å². The molecule has 0 heterocycles. The molecule has 0 aliphatic heterocycles. The van der Waals surface area contributed by atoms with Crippen LogP contribution in [0.3, 0.4) is 0 Å². The van der Waals surface area contributed by atoms with Crippen LogP contribution in [0, 0.1) is 6.92 Å². The zero-order chi connectivity index (χ0) is 15.5. The third-order valence-electron chi connectivity index (χ3n) is 2.35. The summed E-state index contributed by atoms with van der Waals surface area (Å²) in [6.07, 6.45) is 0.161. The highest BCUT2D eigenvalue weighted by molar-refractivity contribution is 8.76. The molecule has 5 nitrogen and oxygen atoms in total. The number of amides is 1. The molecule has 0 aliphatic carbocycles. The summed E-state index contributed by atoms with van der Waals surface area (Å²) in [4.78, 5) is 21.8. The van der Waals surface area contributed by atoms with Crippen molar-refractivity contribution >= 4 is 33.5 Å². The van der Waals surface area contributed by atoms with Crippen molar-refractivity contribution in [2.75, 3.05) is 24.7 Å². The summed E-state index contributed by atoms with van der Waals surface area (Å²) in [6.45, 7) is 2.51. The van der Waals surface area contributed by atoms with Crippen molar-refractivity contribution in [2.24, 2.45) is 0 Å². The smallest absolute Gasteiger partial charge is 0.304 e. The van der Waals surface area contributed by atoms with Gasteiger partial charge in [-0.05, 0) is 24.6 Å². The van der Waals surface area contributed by atoms with Gasteiger partial charge in [-0.1, -0.05) is 33.7 Å². The van der Waals surface area contributed by atoms with Gasteiger partial charge in [-0.15, -0.1) is 0 Å². The van der Waals surface area contributed by atoms with Gasteiger partial charge in [-0.2, -0.15) is 0 Å². The Kier molecular flexibility index (Phi) is 8.77. The fourth-order valence-corrected chi connectivity index (χ4v) is 3.27. The Balaban J connectivity index is 2.03. The van der Waals surface area contributed by atoms with Crippen molar-refractivity contribution in [1.82, 2.24) is 5.32 Å². The molecule has 0 saturated carbocycles. The van der Waals surface area contributed by atoms with Crippen LogP contribution in [-0.4, -0.2) is 41.6 Å². The molecule has 0 bridgehead atoms. The van der Waals surface area contributed by atoms with Crippen LogP contribution in [0.1, 0.15) is 12.0 Å². The number of ether oxygens (including phenoxy) is 1. The first-order valence-corrected chi connectivity index (χ1v) is 8.99. The van der Waals surface area contributed by atoms with Crippen LogP contribution >= 0.6 is 21.6 Å². The molecule has 1 rings (SSSR count). The summed E-state index contributed by atoms with van der Waals surface area (Å²) in [6, 6.07) is 7.54. The third-order valence-corrected chi connectivity index (χ3v) is 4.76. The number of carbonyl (C=O) groups is 2. The van der Waals surface area contributed by atoms with Gasteiger partial charge in [0.05, 0.1) is 6.42 Å². The van der Waals surface area contributed by atoms with E-state index in [1.54, 1.807) is 10.8 Å². The van der Waals surface area contributed by atoms with E-state index in [1.807, 2.05) is 31.2 Å². The molecule has 21 heavy (non-hydrogen) atoms. The van der Waals surface area contributed by atoms with Crippen molar-refractivity contribution in [3.05, 3.63) is 29.8 Å². The van der Waals surface area contributed by atoms with Crippen molar-refractivity contribution in [3.63, 3.8) is 0 Å². The summed E-state index contributed by atoms with van der Waals surface area (Å²) < 4.78 is 5.38. The summed E-state index contributed by atoms with van der Waals surface area (Å²) in [5, 5.41) is 11.2. The average Bonchev–Trinajstić information content (AvgIpc) is 2.44. The molecule has 0 aromatic heterocycles. The fraction of sp³-hybridized carbons (Fsp3) is 0.429. The summed E-state index contributed by atoms with van der Waals surface area (Å²) in [5.74, 6) is 1.05. The molecule has 2 N–H and O–H groups in total. The maximum Gasteiger partial charge on any atom is 0.304 e. The molecule has 1 amide bonds. The van der Waals surface area contributed by atoms with Gasteiger partial charge in [0.25, 0.3) is 5.91 Å². The van der Waals surface area contributed by atoms with Crippen molar-refractivity contribution in [3.8, 4) is 5.75 Å². The standard InChI is InChI=1S/C14H19NO4S2/c1-11-3-2-4-12(9-11)19-10-13(16)15-6-8-21-20-7-5-14(17)18/h2-4,9H,5-8,10H2,1H3,(H,15,16)(H,17,18). The van der Waals surface area contributed by atoms with E-state index in [2.05, 4.69) is 5.32 Å². The molecule has 1 aromatic rings. The van der Waals surface area contributed by atoms with E-state index in [9.17, 15) is 9.59 Å². The molecule has 0 spiro atoms. The molecule has 1 aromatic carbocycles. The minimum absolute atomic E-state index is 0.000275. The van der Waals surface area contributed by atoms with Gasteiger partial charge in [0.2, 0.25) is 0 Å². The van der Waals surface area contributed by atoms with E-state index in [0.29, 0.717) is 18.0 Å². The predicted octanol–water partition coefficient (Wildman–Crippen LogP) is 2.35. The number of benzene rings is 1. The Labute approximate surface area is 132 Å². The van der Waals surface area contributed by atoms with Crippen LogP contribution in [-0.2, 0) is 9.59 Å². The largest absolute Gasteiger partial charge is 0.484 e. The molecule has 0 aliphatic rings. The first kappa shape index (κ1) is 17.7. The van der Waals surface area contributed by atoms with Crippen molar-refractivity contribution in [1.29, 1.82) is 0 Å². The van der Waals surface area contributed by atoms with Gasteiger partial charge in [0, 0.05) is 18.1 Å². The summed E-state index contributed by atoms with van der Waals surface area (Å²) in [5.41, 5.74) is 1.09. The monoisotopic (exact) mass is 329 g/mol.